The Kier molecular flexibility index (Phi) is 4.51. The smallest absolute Gasteiger partial charge is 0.407 e. The third-order valence-electron chi connectivity index (χ3n) is 5.44. The third kappa shape index (κ3) is 3.49. The molecule has 27 heavy (non-hydrogen) atoms. The van der Waals surface area contributed by atoms with Crippen LogP contribution in [-0.2, 0) is 0 Å². The molecule has 2 amide bonds. The molecule has 0 radical (unpaired) electrons. The lowest BCUT2D eigenvalue weighted by Crippen LogP contribution is -2.52. The molecule has 2 fully saturated rings. The summed E-state index contributed by atoms with van der Waals surface area (Å²) in [7, 11) is 0. The second kappa shape index (κ2) is 6.98. The van der Waals surface area contributed by atoms with E-state index in [1.807, 2.05) is 0 Å². The maximum atomic E-state index is 13.3. The van der Waals surface area contributed by atoms with E-state index in [4.69, 9.17) is 0 Å². The number of benzene rings is 1. The van der Waals surface area contributed by atoms with E-state index in [2.05, 4.69) is 10.3 Å². The van der Waals surface area contributed by atoms with Gasteiger partial charge in [0, 0.05) is 29.9 Å². The third-order valence-corrected chi connectivity index (χ3v) is 5.44. The van der Waals surface area contributed by atoms with Gasteiger partial charge in [-0.1, -0.05) is 12.1 Å². The van der Waals surface area contributed by atoms with Gasteiger partial charge in [0.05, 0.1) is 11.3 Å². The van der Waals surface area contributed by atoms with E-state index in [0.29, 0.717) is 29.7 Å². The van der Waals surface area contributed by atoms with Crippen molar-refractivity contribution in [3.8, 4) is 11.3 Å². The first kappa shape index (κ1) is 17.5. The molecule has 3 heterocycles. The monoisotopic (exact) mass is 369 g/mol. The molecular weight excluding hydrogens is 349 g/mol. The summed E-state index contributed by atoms with van der Waals surface area (Å²) in [5, 5.41) is 12.3. The number of carbonyl (C=O) groups excluding carboxylic acids is 1. The van der Waals surface area contributed by atoms with Gasteiger partial charge in [0.15, 0.2) is 0 Å². The van der Waals surface area contributed by atoms with Gasteiger partial charge < -0.3 is 15.3 Å². The summed E-state index contributed by atoms with van der Waals surface area (Å²) < 4.78 is 13.3. The van der Waals surface area contributed by atoms with Crippen molar-refractivity contribution in [3.63, 3.8) is 0 Å². The molecule has 2 N–H and O–H groups in total. The number of hydrogen-bond donors (Lipinski definition) is 2. The summed E-state index contributed by atoms with van der Waals surface area (Å²) in [6.07, 6.45) is 3.60. The highest BCUT2D eigenvalue weighted by atomic mass is 19.1. The van der Waals surface area contributed by atoms with Crippen molar-refractivity contribution in [1.82, 2.24) is 15.2 Å². The molecule has 7 heteroatoms. The quantitative estimate of drug-likeness (QED) is 0.870. The number of aromatic nitrogens is 1. The highest BCUT2D eigenvalue weighted by molar-refractivity contribution is 5.94. The average Bonchev–Trinajstić information content (AvgIpc) is 2.93. The van der Waals surface area contributed by atoms with E-state index in [1.54, 1.807) is 24.3 Å². The Balaban J connectivity index is 1.41. The minimum absolute atomic E-state index is 0.0139. The SMILES string of the molecule is O=C(N[C@H]1C[C@H]2CC[C@@H](C1)N2C(=O)O)c1ccc(-c2cccc(F)c2)nc1. The van der Waals surface area contributed by atoms with Gasteiger partial charge in [0.25, 0.3) is 5.91 Å². The van der Waals surface area contributed by atoms with Crippen LogP contribution >= 0.6 is 0 Å². The Morgan fingerprint density at radius 2 is 1.89 bits per heavy atom. The second-order valence-electron chi connectivity index (χ2n) is 7.16. The summed E-state index contributed by atoms with van der Waals surface area (Å²) >= 11 is 0. The Morgan fingerprint density at radius 1 is 1.15 bits per heavy atom. The normalized spacial score (nSPS) is 23.9. The van der Waals surface area contributed by atoms with E-state index >= 15 is 0 Å². The number of pyridine rings is 1. The van der Waals surface area contributed by atoms with Gasteiger partial charge in [-0.3, -0.25) is 9.78 Å². The molecule has 4 rings (SSSR count). The average molecular weight is 369 g/mol. The van der Waals surface area contributed by atoms with Crippen molar-refractivity contribution < 1.29 is 19.1 Å². The Morgan fingerprint density at radius 3 is 2.48 bits per heavy atom. The van der Waals surface area contributed by atoms with Crippen molar-refractivity contribution in [2.45, 2.75) is 43.8 Å². The molecule has 0 unspecified atom stereocenters. The number of nitrogens with one attached hydrogen (secondary N) is 1. The van der Waals surface area contributed by atoms with Crippen molar-refractivity contribution >= 4 is 12.0 Å². The Hall–Kier alpha value is -2.96. The fraction of sp³-hybridized carbons (Fsp3) is 0.350. The van der Waals surface area contributed by atoms with Crippen LogP contribution in [0.1, 0.15) is 36.0 Å². The van der Waals surface area contributed by atoms with Gasteiger partial charge >= 0.3 is 6.09 Å². The lowest BCUT2D eigenvalue weighted by atomic mass is 9.97. The van der Waals surface area contributed by atoms with Crippen LogP contribution in [0.5, 0.6) is 0 Å². The molecule has 0 saturated carbocycles. The molecule has 3 atom stereocenters. The van der Waals surface area contributed by atoms with Gasteiger partial charge in [0.2, 0.25) is 0 Å². The molecule has 2 aromatic rings. The summed E-state index contributed by atoms with van der Waals surface area (Å²) in [5.41, 5.74) is 1.68. The highest BCUT2D eigenvalue weighted by Gasteiger charge is 2.43. The molecule has 2 aliphatic heterocycles. The van der Waals surface area contributed by atoms with Crippen LogP contribution in [0.2, 0.25) is 0 Å². The van der Waals surface area contributed by atoms with Crippen LogP contribution in [0.4, 0.5) is 9.18 Å². The van der Waals surface area contributed by atoms with E-state index in [0.717, 1.165) is 12.8 Å². The fourth-order valence-electron chi connectivity index (χ4n) is 4.22. The molecule has 2 saturated heterocycles. The molecule has 1 aromatic heterocycles. The van der Waals surface area contributed by atoms with Gasteiger partial charge in [-0.2, -0.15) is 0 Å². The van der Waals surface area contributed by atoms with E-state index in [1.165, 1.54) is 23.2 Å². The second-order valence-corrected chi connectivity index (χ2v) is 7.16. The summed E-state index contributed by atoms with van der Waals surface area (Å²) in [5.74, 6) is -0.556. The number of fused-ring (bicyclic) bond motifs is 2. The number of amides is 2. The number of carbonyl (C=O) groups is 2. The van der Waals surface area contributed by atoms with Crippen LogP contribution in [0, 0.1) is 5.82 Å². The number of piperidine rings is 1. The molecule has 0 aliphatic carbocycles. The van der Waals surface area contributed by atoms with Gasteiger partial charge in [-0.05, 0) is 49.9 Å². The lowest BCUT2D eigenvalue weighted by Gasteiger charge is -2.37. The van der Waals surface area contributed by atoms with Crippen LogP contribution in [0.15, 0.2) is 42.6 Å². The maximum absolute atomic E-state index is 13.3. The number of halogens is 1. The predicted octanol–water partition coefficient (Wildman–Crippen LogP) is 3.29. The standard InChI is InChI=1S/C20H20FN3O3/c21-14-3-1-2-12(8-14)18-7-4-13(11-22-18)19(25)23-15-9-16-5-6-17(10-15)24(16)20(26)27/h1-4,7-8,11,15-17H,5-6,9-10H2,(H,23,25)(H,26,27)/t15-,16+,17-. The van der Waals surface area contributed by atoms with Gasteiger partial charge in [-0.25, -0.2) is 9.18 Å². The minimum Gasteiger partial charge on any atom is -0.465 e. The van der Waals surface area contributed by atoms with Crippen LogP contribution in [0.25, 0.3) is 11.3 Å². The first-order valence-corrected chi connectivity index (χ1v) is 9.05. The zero-order valence-corrected chi connectivity index (χ0v) is 14.6. The Bertz CT molecular complexity index is 857. The highest BCUT2D eigenvalue weighted by Crippen LogP contribution is 2.35. The van der Waals surface area contributed by atoms with Crippen molar-refractivity contribution in [1.29, 1.82) is 0 Å². The van der Waals surface area contributed by atoms with Gasteiger partial charge in [-0.15, -0.1) is 0 Å². The van der Waals surface area contributed by atoms with Crippen molar-refractivity contribution in [2.24, 2.45) is 0 Å². The topological polar surface area (TPSA) is 82.5 Å². The molecule has 6 nitrogen and oxygen atoms in total. The molecule has 0 spiro atoms. The molecular formula is C20H20FN3O3. The zero-order chi connectivity index (χ0) is 19.0. The predicted molar refractivity (Wildman–Crippen MR) is 96.8 cm³/mol. The van der Waals surface area contributed by atoms with E-state index in [-0.39, 0.29) is 29.8 Å². The molecule has 1 aromatic carbocycles. The van der Waals surface area contributed by atoms with Crippen LogP contribution in [-0.4, -0.2) is 45.1 Å². The van der Waals surface area contributed by atoms with Crippen molar-refractivity contribution in [2.75, 3.05) is 0 Å². The molecule has 2 aliphatic rings. The minimum atomic E-state index is -0.871. The number of hydrogen-bond acceptors (Lipinski definition) is 3. The number of rotatable bonds is 3. The van der Waals surface area contributed by atoms with E-state index < -0.39 is 6.09 Å². The van der Waals surface area contributed by atoms with Crippen LogP contribution in [0.3, 0.4) is 0 Å². The fourth-order valence-corrected chi connectivity index (χ4v) is 4.22. The zero-order valence-electron chi connectivity index (χ0n) is 14.6. The molecule has 2 bridgehead atoms. The number of carboxylic acid groups (broad SMARTS) is 1. The van der Waals surface area contributed by atoms with Crippen molar-refractivity contribution in [3.05, 3.63) is 54.0 Å². The van der Waals surface area contributed by atoms with Gasteiger partial charge in [0.1, 0.15) is 5.82 Å². The molecule has 140 valence electrons. The summed E-state index contributed by atoms with van der Waals surface area (Å²) in [4.78, 5) is 29.7. The maximum Gasteiger partial charge on any atom is 0.407 e. The first-order chi connectivity index (χ1) is 13.0. The number of nitrogens with zero attached hydrogens (tertiary/aromatic N) is 2. The Labute approximate surface area is 156 Å². The lowest BCUT2D eigenvalue weighted by molar-refractivity contribution is 0.0810. The van der Waals surface area contributed by atoms with Crippen LogP contribution < -0.4 is 5.32 Å². The summed E-state index contributed by atoms with van der Waals surface area (Å²) in [6.45, 7) is 0. The summed E-state index contributed by atoms with van der Waals surface area (Å²) in [6, 6.07) is 9.45. The first-order valence-electron chi connectivity index (χ1n) is 9.05. The van der Waals surface area contributed by atoms with E-state index in [9.17, 15) is 19.1 Å². The largest absolute Gasteiger partial charge is 0.465 e.